The van der Waals surface area contributed by atoms with Crippen molar-refractivity contribution in [1.29, 1.82) is 0 Å². The number of hydrogen-bond acceptors (Lipinski definition) is 5. The number of hydrogen-bond donors (Lipinski definition) is 3. The predicted octanol–water partition coefficient (Wildman–Crippen LogP) is 1.72. The SMILES string of the molecule is CNS(=O)(=O)Oc1ccc2c(c1)CCC1C2CC[C@@]2(C)C1C[C@@H](O)[C@@H]2O. The van der Waals surface area contributed by atoms with Crippen molar-refractivity contribution in [2.75, 3.05) is 7.05 Å². The van der Waals surface area contributed by atoms with E-state index in [-0.39, 0.29) is 5.41 Å². The summed E-state index contributed by atoms with van der Waals surface area (Å²) in [6.45, 7) is 2.13. The van der Waals surface area contributed by atoms with Gasteiger partial charge in [0, 0.05) is 7.05 Å². The molecule has 3 aliphatic rings. The molecular formula is C19H27NO5S. The lowest BCUT2D eigenvalue weighted by Gasteiger charge is -2.49. The maximum absolute atomic E-state index is 11.6. The Labute approximate surface area is 154 Å². The van der Waals surface area contributed by atoms with Crippen LogP contribution in [0, 0.1) is 17.3 Å². The summed E-state index contributed by atoms with van der Waals surface area (Å²) in [4.78, 5) is 0. The third-order valence-corrected chi connectivity index (χ3v) is 8.04. The highest BCUT2D eigenvalue weighted by molar-refractivity contribution is 7.85. The quantitative estimate of drug-likeness (QED) is 0.741. The average molecular weight is 381 g/mol. The maximum Gasteiger partial charge on any atom is 0.382 e. The molecule has 2 fully saturated rings. The molecule has 144 valence electrons. The van der Waals surface area contributed by atoms with Crippen LogP contribution in [-0.4, -0.2) is 37.9 Å². The van der Waals surface area contributed by atoms with Gasteiger partial charge >= 0.3 is 10.3 Å². The van der Waals surface area contributed by atoms with Crippen LogP contribution in [-0.2, 0) is 16.7 Å². The monoisotopic (exact) mass is 381 g/mol. The van der Waals surface area contributed by atoms with Crippen molar-refractivity contribution < 1.29 is 22.8 Å². The van der Waals surface area contributed by atoms with E-state index in [1.54, 1.807) is 6.07 Å². The molecular weight excluding hydrogens is 354 g/mol. The first-order valence-electron chi connectivity index (χ1n) is 9.37. The first-order chi connectivity index (χ1) is 12.2. The van der Waals surface area contributed by atoms with Crippen LogP contribution >= 0.6 is 0 Å². The number of rotatable bonds is 3. The predicted molar refractivity (Wildman–Crippen MR) is 97.1 cm³/mol. The number of nitrogens with one attached hydrogen (secondary N) is 1. The summed E-state index contributed by atoms with van der Waals surface area (Å²) in [5.41, 5.74) is 2.23. The van der Waals surface area contributed by atoms with Crippen LogP contribution in [0.2, 0.25) is 0 Å². The third-order valence-electron chi connectivity index (χ3n) is 7.13. The Bertz CT molecular complexity index is 810. The Balaban J connectivity index is 1.62. The van der Waals surface area contributed by atoms with Crippen molar-refractivity contribution in [3.05, 3.63) is 29.3 Å². The molecule has 0 amide bonds. The van der Waals surface area contributed by atoms with Crippen LogP contribution in [0.4, 0.5) is 0 Å². The molecule has 0 radical (unpaired) electrons. The molecule has 6 atom stereocenters. The summed E-state index contributed by atoms with van der Waals surface area (Å²) >= 11 is 0. The Kier molecular flexibility index (Phi) is 4.34. The second-order valence-electron chi connectivity index (χ2n) is 8.31. The highest BCUT2D eigenvalue weighted by Crippen LogP contribution is 2.60. The molecule has 0 spiro atoms. The van der Waals surface area contributed by atoms with E-state index >= 15 is 0 Å². The van der Waals surface area contributed by atoms with Gasteiger partial charge in [-0.25, -0.2) is 0 Å². The van der Waals surface area contributed by atoms with Gasteiger partial charge in [0.1, 0.15) is 5.75 Å². The number of aryl methyl sites for hydroxylation is 1. The molecule has 3 aliphatic carbocycles. The van der Waals surface area contributed by atoms with E-state index in [1.807, 2.05) is 12.1 Å². The van der Waals surface area contributed by atoms with Gasteiger partial charge in [0.2, 0.25) is 0 Å². The molecule has 6 nitrogen and oxygen atoms in total. The largest absolute Gasteiger partial charge is 0.390 e. The number of aliphatic hydroxyl groups is 2. The van der Waals surface area contributed by atoms with Crippen molar-refractivity contribution in [3.8, 4) is 5.75 Å². The van der Waals surface area contributed by atoms with E-state index in [4.69, 9.17) is 4.18 Å². The summed E-state index contributed by atoms with van der Waals surface area (Å²) in [7, 11) is -2.44. The first kappa shape index (κ1) is 18.2. The van der Waals surface area contributed by atoms with E-state index in [1.165, 1.54) is 12.6 Å². The van der Waals surface area contributed by atoms with Gasteiger partial charge in [-0.1, -0.05) is 13.0 Å². The topological polar surface area (TPSA) is 95.9 Å². The van der Waals surface area contributed by atoms with Crippen LogP contribution in [0.1, 0.15) is 49.7 Å². The first-order valence-corrected chi connectivity index (χ1v) is 10.8. The molecule has 7 heteroatoms. The zero-order chi connectivity index (χ0) is 18.7. The Morgan fingerprint density at radius 1 is 1.27 bits per heavy atom. The average Bonchev–Trinajstić information content (AvgIpc) is 2.85. The molecule has 3 unspecified atom stereocenters. The zero-order valence-corrected chi connectivity index (χ0v) is 16.0. The minimum Gasteiger partial charge on any atom is -0.390 e. The summed E-state index contributed by atoms with van der Waals surface area (Å²) in [6.07, 6.45) is 3.19. The van der Waals surface area contributed by atoms with Crippen LogP contribution in [0.15, 0.2) is 18.2 Å². The van der Waals surface area contributed by atoms with Gasteiger partial charge in [-0.05, 0) is 78.5 Å². The lowest BCUT2D eigenvalue weighted by atomic mass is 9.55. The van der Waals surface area contributed by atoms with E-state index in [2.05, 4.69) is 11.6 Å². The van der Waals surface area contributed by atoms with E-state index in [0.29, 0.717) is 29.9 Å². The van der Waals surface area contributed by atoms with Gasteiger partial charge in [0.05, 0.1) is 12.2 Å². The molecule has 0 aliphatic heterocycles. The highest BCUT2D eigenvalue weighted by atomic mass is 32.2. The second-order valence-corrected chi connectivity index (χ2v) is 9.79. The standard InChI is InChI=1S/C19H27NO5S/c1-19-8-7-14-13-6-4-12(25-26(23,24)20-2)9-11(13)3-5-15(14)16(19)10-17(21)18(19)22/h4,6,9,14-18,20-22H,3,5,7-8,10H2,1-2H3/t14?,15?,16?,17-,18+,19+/m1/s1. The molecule has 0 heterocycles. The molecule has 3 N–H and O–H groups in total. The van der Waals surface area contributed by atoms with Crippen molar-refractivity contribution in [2.45, 2.75) is 57.2 Å². The number of benzene rings is 1. The fourth-order valence-electron chi connectivity index (χ4n) is 5.77. The Morgan fingerprint density at radius 3 is 2.77 bits per heavy atom. The van der Waals surface area contributed by atoms with E-state index in [0.717, 1.165) is 31.2 Å². The fourth-order valence-corrected chi connectivity index (χ4v) is 6.21. The van der Waals surface area contributed by atoms with Crippen LogP contribution in [0.25, 0.3) is 0 Å². The molecule has 2 saturated carbocycles. The van der Waals surface area contributed by atoms with Crippen LogP contribution < -0.4 is 8.91 Å². The molecule has 1 aromatic rings. The lowest BCUT2D eigenvalue weighted by Crippen LogP contribution is -2.44. The van der Waals surface area contributed by atoms with E-state index < -0.39 is 22.5 Å². The second kappa shape index (κ2) is 6.19. The van der Waals surface area contributed by atoms with Crippen molar-refractivity contribution in [2.24, 2.45) is 17.3 Å². The van der Waals surface area contributed by atoms with Crippen molar-refractivity contribution in [1.82, 2.24) is 4.72 Å². The van der Waals surface area contributed by atoms with Crippen molar-refractivity contribution >= 4 is 10.3 Å². The summed E-state index contributed by atoms with van der Waals surface area (Å²) in [5, 5.41) is 20.7. The van der Waals surface area contributed by atoms with Crippen LogP contribution in [0.3, 0.4) is 0 Å². The van der Waals surface area contributed by atoms with Gasteiger partial charge in [0.15, 0.2) is 0 Å². The van der Waals surface area contributed by atoms with Crippen LogP contribution in [0.5, 0.6) is 5.75 Å². The third kappa shape index (κ3) is 2.76. The summed E-state index contributed by atoms with van der Waals surface area (Å²) < 4.78 is 30.4. The maximum atomic E-state index is 11.6. The minimum absolute atomic E-state index is 0.192. The summed E-state index contributed by atoms with van der Waals surface area (Å²) in [5.74, 6) is 1.54. The lowest BCUT2D eigenvalue weighted by molar-refractivity contribution is -0.0505. The van der Waals surface area contributed by atoms with Crippen molar-refractivity contribution in [3.63, 3.8) is 0 Å². The molecule has 1 aromatic carbocycles. The molecule has 0 aromatic heterocycles. The fraction of sp³-hybridized carbons (Fsp3) is 0.684. The molecule has 4 rings (SSSR count). The van der Waals surface area contributed by atoms with Gasteiger partial charge in [-0.3, -0.25) is 0 Å². The van der Waals surface area contributed by atoms with E-state index in [9.17, 15) is 18.6 Å². The minimum atomic E-state index is -3.76. The Hall–Kier alpha value is -1.15. The molecule has 0 saturated heterocycles. The molecule has 26 heavy (non-hydrogen) atoms. The number of fused-ring (bicyclic) bond motifs is 5. The Morgan fingerprint density at radius 2 is 2.04 bits per heavy atom. The summed E-state index contributed by atoms with van der Waals surface area (Å²) in [6, 6.07) is 5.56. The van der Waals surface area contributed by atoms with Gasteiger partial charge < -0.3 is 14.4 Å². The molecule has 0 bridgehead atoms. The number of aliphatic hydroxyl groups excluding tert-OH is 2. The normalized spacial score (nSPS) is 39.0. The zero-order valence-electron chi connectivity index (χ0n) is 15.2. The van der Waals surface area contributed by atoms with Gasteiger partial charge in [-0.15, -0.1) is 0 Å². The van der Waals surface area contributed by atoms with Gasteiger partial charge in [0.25, 0.3) is 0 Å². The highest BCUT2D eigenvalue weighted by Gasteiger charge is 2.57. The van der Waals surface area contributed by atoms with Gasteiger partial charge in [-0.2, -0.15) is 13.1 Å². The smallest absolute Gasteiger partial charge is 0.382 e.